The Bertz CT molecular complexity index is 1070. The number of amides is 1. The van der Waals surface area contributed by atoms with Crippen LogP contribution < -0.4 is 5.73 Å². The molecule has 1 aromatic heterocycles. The Morgan fingerprint density at radius 1 is 1.36 bits per heavy atom. The van der Waals surface area contributed by atoms with E-state index in [2.05, 4.69) is 18.1 Å². The molecular formula is C21H19N3O4. The highest BCUT2D eigenvalue weighted by Gasteiger charge is 2.63. The van der Waals surface area contributed by atoms with E-state index >= 15 is 0 Å². The van der Waals surface area contributed by atoms with Crippen LogP contribution in [-0.4, -0.2) is 34.9 Å². The third kappa shape index (κ3) is 2.07. The highest BCUT2D eigenvalue weighted by molar-refractivity contribution is 6.14. The molecule has 0 fully saturated rings. The van der Waals surface area contributed by atoms with E-state index in [4.69, 9.17) is 14.9 Å². The number of nitrogen functional groups attached to an aromatic ring is 1. The third-order valence-corrected chi connectivity index (χ3v) is 5.13. The van der Waals surface area contributed by atoms with Gasteiger partial charge in [-0.1, -0.05) is 43.0 Å². The van der Waals surface area contributed by atoms with Crippen LogP contribution in [0.25, 0.3) is 11.3 Å². The number of hydrogen-bond acceptors (Lipinski definition) is 6. The molecule has 28 heavy (non-hydrogen) atoms. The van der Waals surface area contributed by atoms with E-state index in [1.165, 1.54) is 11.0 Å². The van der Waals surface area contributed by atoms with Crippen molar-refractivity contribution in [1.29, 1.82) is 0 Å². The van der Waals surface area contributed by atoms with Gasteiger partial charge in [0.15, 0.2) is 11.2 Å². The number of carbonyl (C=O) groups excluding carboxylic acids is 2. The smallest absolute Gasteiger partial charge is 0.337 e. The molecule has 0 bridgehead atoms. The first-order valence-corrected chi connectivity index (χ1v) is 8.77. The van der Waals surface area contributed by atoms with Crippen molar-refractivity contribution in [3.8, 4) is 11.3 Å². The standard InChI is InChI=1S/C21H19N3O4/c1-4-10-24-12(3)15(18(25)27-11-5-2)21(19(24)26)14-9-7-6-8-13(14)16-17(21)23-20(22)28-16/h4-9H,1-2,10-11H2,3H3,(H2,22,23)/t21-/m0/s1. The van der Waals surface area contributed by atoms with Gasteiger partial charge in [-0.3, -0.25) is 4.79 Å². The Hall–Kier alpha value is -3.61. The quantitative estimate of drug-likeness (QED) is 0.635. The second-order valence-corrected chi connectivity index (χ2v) is 6.58. The molecule has 2 N–H and O–H groups in total. The van der Waals surface area contributed by atoms with E-state index < -0.39 is 11.4 Å². The first kappa shape index (κ1) is 17.8. The first-order valence-electron chi connectivity index (χ1n) is 8.77. The second kappa shape index (κ2) is 6.23. The van der Waals surface area contributed by atoms with Gasteiger partial charge in [0.2, 0.25) is 5.91 Å². The van der Waals surface area contributed by atoms with E-state index in [0.717, 1.165) is 0 Å². The molecule has 0 saturated heterocycles. The number of rotatable bonds is 5. The maximum Gasteiger partial charge on any atom is 0.337 e. The lowest BCUT2D eigenvalue weighted by Crippen LogP contribution is -2.42. The molecule has 4 rings (SSSR count). The predicted octanol–water partition coefficient (Wildman–Crippen LogP) is 2.55. The van der Waals surface area contributed by atoms with Gasteiger partial charge < -0.3 is 19.8 Å². The van der Waals surface area contributed by atoms with Crippen LogP contribution in [0.3, 0.4) is 0 Å². The highest BCUT2D eigenvalue weighted by atomic mass is 16.5. The summed E-state index contributed by atoms with van der Waals surface area (Å²) in [4.78, 5) is 32.6. The number of nitrogens with two attached hydrogens (primary N) is 1. The van der Waals surface area contributed by atoms with Gasteiger partial charge in [0, 0.05) is 17.8 Å². The lowest BCUT2D eigenvalue weighted by Gasteiger charge is -2.26. The molecule has 0 unspecified atom stereocenters. The van der Waals surface area contributed by atoms with Crippen LogP contribution in [0, 0.1) is 0 Å². The van der Waals surface area contributed by atoms with Crippen LogP contribution in [0.2, 0.25) is 0 Å². The van der Waals surface area contributed by atoms with E-state index in [-0.39, 0.29) is 30.6 Å². The van der Waals surface area contributed by atoms with Gasteiger partial charge in [0.25, 0.3) is 6.01 Å². The summed E-state index contributed by atoms with van der Waals surface area (Å²) >= 11 is 0. The lowest BCUT2D eigenvalue weighted by molar-refractivity contribution is -0.140. The van der Waals surface area contributed by atoms with Crippen LogP contribution in [0.5, 0.6) is 0 Å². The Labute approximate surface area is 161 Å². The van der Waals surface area contributed by atoms with Crippen LogP contribution in [-0.2, 0) is 19.7 Å². The van der Waals surface area contributed by atoms with E-state index in [1.807, 2.05) is 12.1 Å². The zero-order valence-electron chi connectivity index (χ0n) is 15.4. The summed E-state index contributed by atoms with van der Waals surface area (Å²) in [5, 5.41) is 0. The van der Waals surface area contributed by atoms with Crippen LogP contribution in [0.15, 0.2) is 65.3 Å². The summed E-state index contributed by atoms with van der Waals surface area (Å²) in [6, 6.07) is 7.19. The third-order valence-electron chi connectivity index (χ3n) is 5.13. The Balaban J connectivity index is 2.05. The van der Waals surface area contributed by atoms with Gasteiger partial charge >= 0.3 is 5.97 Å². The molecule has 7 nitrogen and oxygen atoms in total. The number of benzene rings is 1. The van der Waals surface area contributed by atoms with Gasteiger partial charge in [-0.25, -0.2) is 4.79 Å². The molecule has 1 aliphatic heterocycles. The molecule has 1 aliphatic carbocycles. The average Bonchev–Trinajstić information content (AvgIpc) is 3.26. The molecule has 2 aromatic rings. The molecule has 2 heterocycles. The summed E-state index contributed by atoms with van der Waals surface area (Å²) in [7, 11) is 0. The number of anilines is 1. The fourth-order valence-electron chi connectivity index (χ4n) is 4.10. The maximum absolute atomic E-state index is 13.7. The summed E-state index contributed by atoms with van der Waals surface area (Å²) in [6.07, 6.45) is 3.08. The zero-order valence-corrected chi connectivity index (χ0v) is 15.4. The van der Waals surface area contributed by atoms with Gasteiger partial charge in [0.1, 0.15) is 12.3 Å². The SMILES string of the molecule is C=CCOC(=O)C1=C(C)N(CC=C)C(=O)[C@@]12c1ccccc1-c1oc(N)nc12. The molecule has 1 aromatic carbocycles. The Morgan fingerprint density at radius 3 is 2.82 bits per heavy atom. The van der Waals surface area contributed by atoms with Crippen molar-refractivity contribution in [2.45, 2.75) is 12.3 Å². The Morgan fingerprint density at radius 2 is 2.11 bits per heavy atom. The average molecular weight is 377 g/mol. The van der Waals surface area contributed by atoms with E-state index in [0.29, 0.717) is 28.3 Å². The fraction of sp³-hybridized carbons (Fsp3) is 0.190. The number of hydrogen-bond donors (Lipinski definition) is 1. The number of aromatic nitrogens is 1. The number of esters is 1. The fourth-order valence-corrected chi connectivity index (χ4v) is 4.10. The van der Waals surface area contributed by atoms with Gasteiger partial charge in [0.05, 0.1) is 5.57 Å². The largest absolute Gasteiger partial charge is 0.458 e. The minimum Gasteiger partial charge on any atom is -0.458 e. The minimum atomic E-state index is -1.46. The molecule has 7 heteroatoms. The molecule has 2 aliphatic rings. The second-order valence-electron chi connectivity index (χ2n) is 6.58. The van der Waals surface area contributed by atoms with Crippen molar-refractivity contribution in [1.82, 2.24) is 9.88 Å². The number of carbonyl (C=O) groups is 2. The van der Waals surface area contributed by atoms with Crippen molar-refractivity contribution < 1.29 is 18.7 Å². The zero-order chi connectivity index (χ0) is 20.1. The minimum absolute atomic E-state index is 0.0246. The van der Waals surface area contributed by atoms with Crippen LogP contribution in [0.4, 0.5) is 6.01 Å². The number of oxazole rings is 1. The number of allylic oxidation sites excluding steroid dienone is 1. The number of nitrogens with zero attached hydrogens (tertiary/aromatic N) is 2. The van der Waals surface area contributed by atoms with Crippen LogP contribution in [0.1, 0.15) is 18.2 Å². The number of fused-ring (bicyclic) bond motifs is 5. The van der Waals surface area contributed by atoms with E-state index in [9.17, 15) is 9.59 Å². The molecule has 1 spiro atoms. The normalized spacial score (nSPS) is 19.8. The predicted molar refractivity (Wildman–Crippen MR) is 103 cm³/mol. The van der Waals surface area contributed by atoms with Gasteiger partial charge in [-0.2, -0.15) is 4.98 Å². The summed E-state index contributed by atoms with van der Waals surface area (Å²) in [5.41, 5.74) is 6.66. The van der Waals surface area contributed by atoms with Crippen molar-refractivity contribution in [3.63, 3.8) is 0 Å². The highest BCUT2D eigenvalue weighted by Crippen LogP contribution is 2.57. The van der Waals surface area contributed by atoms with Crippen LogP contribution >= 0.6 is 0 Å². The topological polar surface area (TPSA) is 98.7 Å². The monoisotopic (exact) mass is 377 g/mol. The Kier molecular flexibility index (Phi) is 3.96. The molecule has 142 valence electrons. The summed E-state index contributed by atoms with van der Waals surface area (Å²) in [5.74, 6) is -0.528. The molecule has 1 atom stereocenters. The molecular weight excluding hydrogens is 358 g/mol. The number of ether oxygens (including phenoxy) is 1. The molecule has 0 radical (unpaired) electrons. The van der Waals surface area contributed by atoms with Crippen molar-refractivity contribution in [2.75, 3.05) is 18.9 Å². The van der Waals surface area contributed by atoms with Crippen molar-refractivity contribution >= 4 is 17.9 Å². The van der Waals surface area contributed by atoms with E-state index in [1.54, 1.807) is 25.1 Å². The van der Waals surface area contributed by atoms with Gasteiger partial charge in [-0.05, 0) is 12.5 Å². The van der Waals surface area contributed by atoms with Crippen molar-refractivity contribution in [2.24, 2.45) is 0 Å². The maximum atomic E-state index is 13.7. The van der Waals surface area contributed by atoms with Crippen molar-refractivity contribution in [3.05, 3.63) is 72.1 Å². The first-order chi connectivity index (χ1) is 13.5. The molecule has 0 saturated carbocycles. The summed E-state index contributed by atoms with van der Waals surface area (Å²) in [6.45, 7) is 9.28. The van der Waals surface area contributed by atoms with Gasteiger partial charge in [-0.15, -0.1) is 6.58 Å². The lowest BCUT2D eigenvalue weighted by atomic mass is 9.74. The molecule has 1 amide bonds. The summed E-state index contributed by atoms with van der Waals surface area (Å²) < 4.78 is 10.9.